The highest BCUT2D eigenvalue weighted by molar-refractivity contribution is 5.95. The summed E-state index contributed by atoms with van der Waals surface area (Å²) in [6.07, 6.45) is 2.19. The zero-order valence-corrected chi connectivity index (χ0v) is 13.3. The molecular formula is C20H15N3O2. The average molecular weight is 329 g/mol. The zero-order chi connectivity index (χ0) is 17.4. The molecular weight excluding hydrogens is 314 g/mol. The van der Waals surface area contributed by atoms with E-state index in [-0.39, 0.29) is 0 Å². The molecule has 0 saturated heterocycles. The Labute approximate surface area is 144 Å². The van der Waals surface area contributed by atoms with Gasteiger partial charge in [0.25, 0.3) is 0 Å². The van der Waals surface area contributed by atoms with Gasteiger partial charge in [0.2, 0.25) is 0 Å². The first kappa shape index (κ1) is 15.0. The van der Waals surface area contributed by atoms with E-state index in [0.717, 1.165) is 22.1 Å². The van der Waals surface area contributed by atoms with Crippen molar-refractivity contribution in [2.75, 3.05) is 5.73 Å². The van der Waals surface area contributed by atoms with E-state index in [1.807, 2.05) is 54.6 Å². The normalized spacial score (nSPS) is 10.9. The van der Waals surface area contributed by atoms with Gasteiger partial charge in [0, 0.05) is 17.3 Å². The summed E-state index contributed by atoms with van der Waals surface area (Å²) >= 11 is 0. The molecule has 0 unspecified atom stereocenters. The number of benzene rings is 2. The second-order valence-electron chi connectivity index (χ2n) is 5.78. The van der Waals surface area contributed by atoms with Crippen molar-refractivity contribution < 1.29 is 9.90 Å². The van der Waals surface area contributed by atoms with Crippen LogP contribution in [-0.2, 0) is 0 Å². The van der Waals surface area contributed by atoms with E-state index in [4.69, 9.17) is 5.73 Å². The van der Waals surface area contributed by atoms with E-state index < -0.39 is 6.09 Å². The summed E-state index contributed by atoms with van der Waals surface area (Å²) in [5.41, 5.74) is 10.6. The topological polar surface area (TPSA) is 81.1 Å². The minimum Gasteiger partial charge on any atom is -0.464 e. The van der Waals surface area contributed by atoms with Gasteiger partial charge in [0.15, 0.2) is 0 Å². The second kappa shape index (κ2) is 5.79. The molecule has 2 heterocycles. The first-order chi connectivity index (χ1) is 12.1. The highest BCUT2D eigenvalue weighted by Gasteiger charge is 2.15. The average Bonchev–Trinajstić information content (AvgIpc) is 3.01. The Morgan fingerprint density at radius 2 is 1.72 bits per heavy atom. The van der Waals surface area contributed by atoms with Crippen molar-refractivity contribution in [2.45, 2.75) is 0 Å². The second-order valence-corrected chi connectivity index (χ2v) is 5.78. The van der Waals surface area contributed by atoms with Crippen LogP contribution in [-0.4, -0.2) is 20.8 Å². The molecule has 2 aromatic heterocycles. The largest absolute Gasteiger partial charge is 0.464 e. The van der Waals surface area contributed by atoms with Gasteiger partial charge in [-0.25, -0.2) is 9.36 Å². The van der Waals surface area contributed by atoms with Crippen molar-refractivity contribution in [3.63, 3.8) is 0 Å². The number of nitrogens with two attached hydrogens (primary N) is 1. The molecule has 2 aromatic carbocycles. The lowest BCUT2D eigenvalue weighted by Gasteiger charge is -2.07. The number of rotatable bonds is 2. The van der Waals surface area contributed by atoms with Crippen LogP contribution in [0.1, 0.15) is 0 Å². The van der Waals surface area contributed by atoms with Crippen LogP contribution in [0.5, 0.6) is 0 Å². The third-order valence-corrected chi connectivity index (χ3v) is 4.20. The van der Waals surface area contributed by atoms with E-state index in [1.54, 1.807) is 18.5 Å². The number of nitrogen functional groups attached to an aromatic ring is 1. The van der Waals surface area contributed by atoms with Crippen LogP contribution >= 0.6 is 0 Å². The number of hydrogen-bond donors (Lipinski definition) is 2. The summed E-state index contributed by atoms with van der Waals surface area (Å²) in [5, 5.41) is 10.4. The molecule has 3 N–H and O–H groups in total. The number of carboxylic acid groups (broad SMARTS) is 1. The number of fused-ring (bicyclic) bond motifs is 1. The molecule has 0 spiro atoms. The fourth-order valence-electron chi connectivity index (χ4n) is 3.02. The van der Waals surface area contributed by atoms with Crippen LogP contribution < -0.4 is 5.73 Å². The molecule has 4 aromatic rings. The van der Waals surface area contributed by atoms with Crippen LogP contribution in [0.15, 0.2) is 73.1 Å². The van der Waals surface area contributed by atoms with Gasteiger partial charge < -0.3 is 10.8 Å². The van der Waals surface area contributed by atoms with Crippen LogP contribution in [0.3, 0.4) is 0 Å². The van der Waals surface area contributed by atoms with Crippen LogP contribution in [0.4, 0.5) is 10.5 Å². The van der Waals surface area contributed by atoms with E-state index in [9.17, 15) is 9.90 Å². The Morgan fingerprint density at radius 3 is 2.44 bits per heavy atom. The van der Waals surface area contributed by atoms with Crippen molar-refractivity contribution in [3.05, 3.63) is 73.1 Å². The molecule has 0 aliphatic rings. The van der Waals surface area contributed by atoms with Crippen molar-refractivity contribution in [2.24, 2.45) is 0 Å². The number of aromatic nitrogens is 2. The Kier molecular flexibility index (Phi) is 3.47. The van der Waals surface area contributed by atoms with E-state index in [2.05, 4.69) is 4.98 Å². The Morgan fingerprint density at radius 1 is 0.960 bits per heavy atom. The lowest BCUT2D eigenvalue weighted by atomic mass is 10.0. The SMILES string of the molecule is Nc1cccc(-c2ccc(-c3cc4ccncc4n3C(=O)O)cc2)c1. The first-order valence-electron chi connectivity index (χ1n) is 7.78. The molecule has 0 atom stereocenters. The monoisotopic (exact) mass is 329 g/mol. The zero-order valence-electron chi connectivity index (χ0n) is 13.3. The third-order valence-electron chi connectivity index (χ3n) is 4.20. The summed E-state index contributed by atoms with van der Waals surface area (Å²) in [6.45, 7) is 0. The maximum absolute atomic E-state index is 11.7. The van der Waals surface area contributed by atoms with Crippen LogP contribution in [0, 0.1) is 0 Å². The molecule has 0 aliphatic carbocycles. The molecule has 0 saturated carbocycles. The fraction of sp³-hybridized carbons (Fsp3) is 0. The molecule has 0 fully saturated rings. The van der Waals surface area contributed by atoms with Crippen molar-refractivity contribution in [1.29, 1.82) is 0 Å². The minimum absolute atomic E-state index is 0.574. The lowest BCUT2D eigenvalue weighted by molar-refractivity contribution is 0.198. The summed E-state index contributed by atoms with van der Waals surface area (Å²) in [5.74, 6) is 0. The highest BCUT2D eigenvalue weighted by Crippen LogP contribution is 2.30. The molecule has 5 heteroatoms. The van der Waals surface area contributed by atoms with Gasteiger partial charge in [-0.2, -0.15) is 0 Å². The predicted octanol–water partition coefficient (Wildman–Crippen LogP) is 4.48. The summed E-state index contributed by atoms with van der Waals surface area (Å²) < 4.78 is 1.26. The number of carbonyl (C=O) groups is 1. The molecule has 4 rings (SSSR count). The predicted molar refractivity (Wildman–Crippen MR) is 98.4 cm³/mol. The standard InChI is InChI=1S/C20H15N3O2/c21-17-3-1-2-15(10-17)13-4-6-14(7-5-13)18-11-16-8-9-22-12-19(16)23(18)20(24)25/h1-12H,21H2,(H,24,25). The fourth-order valence-corrected chi connectivity index (χ4v) is 3.02. The van der Waals surface area contributed by atoms with Crippen molar-refractivity contribution in [1.82, 2.24) is 9.55 Å². The molecule has 5 nitrogen and oxygen atoms in total. The Balaban J connectivity index is 1.82. The van der Waals surface area contributed by atoms with Gasteiger partial charge in [0.05, 0.1) is 17.4 Å². The van der Waals surface area contributed by atoms with Gasteiger partial charge >= 0.3 is 6.09 Å². The summed E-state index contributed by atoms with van der Waals surface area (Å²) in [4.78, 5) is 15.7. The van der Waals surface area contributed by atoms with E-state index in [1.165, 1.54) is 4.57 Å². The molecule has 122 valence electrons. The smallest absolute Gasteiger partial charge is 0.416 e. The quantitative estimate of drug-likeness (QED) is 0.531. The summed E-state index contributed by atoms with van der Waals surface area (Å²) in [7, 11) is 0. The Bertz CT molecular complexity index is 1080. The van der Waals surface area contributed by atoms with Gasteiger partial charge in [-0.05, 0) is 41.0 Å². The van der Waals surface area contributed by atoms with E-state index in [0.29, 0.717) is 16.9 Å². The van der Waals surface area contributed by atoms with Crippen molar-refractivity contribution in [3.8, 4) is 22.4 Å². The molecule has 0 bridgehead atoms. The number of nitrogens with zero attached hydrogens (tertiary/aromatic N) is 2. The number of pyridine rings is 1. The lowest BCUT2D eigenvalue weighted by Crippen LogP contribution is -2.09. The third kappa shape index (κ3) is 2.61. The van der Waals surface area contributed by atoms with Crippen LogP contribution in [0.25, 0.3) is 33.3 Å². The molecule has 0 radical (unpaired) electrons. The maximum atomic E-state index is 11.7. The molecule has 0 aliphatic heterocycles. The minimum atomic E-state index is -1.03. The van der Waals surface area contributed by atoms with Gasteiger partial charge in [-0.1, -0.05) is 36.4 Å². The van der Waals surface area contributed by atoms with Gasteiger partial charge in [-0.3, -0.25) is 4.98 Å². The van der Waals surface area contributed by atoms with E-state index >= 15 is 0 Å². The molecule has 25 heavy (non-hydrogen) atoms. The van der Waals surface area contributed by atoms with Crippen LogP contribution in [0.2, 0.25) is 0 Å². The summed E-state index contributed by atoms with van der Waals surface area (Å²) in [6, 6.07) is 19.1. The maximum Gasteiger partial charge on any atom is 0.416 e. The van der Waals surface area contributed by atoms with Gasteiger partial charge in [0.1, 0.15) is 0 Å². The Hall–Kier alpha value is -3.60. The first-order valence-corrected chi connectivity index (χ1v) is 7.78. The number of anilines is 1. The van der Waals surface area contributed by atoms with Crippen molar-refractivity contribution >= 4 is 22.7 Å². The molecule has 0 amide bonds. The number of hydrogen-bond acceptors (Lipinski definition) is 3. The van der Waals surface area contributed by atoms with Gasteiger partial charge in [-0.15, -0.1) is 0 Å². The highest BCUT2D eigenvalue weighted by atomic mass is 16.4.